The number of nitrogens with two attached hydrogens (primary N) is 1. The lowest BCUT2D eigenvalue weighted by Crippen LogP contribution is -1.96. The number of para-hydroxylation sites is 1. The molecular formula is C12H13N3. The molecule has 2 rings (SSSR count). The van der Waals surface area contributed by atoms with Crippen molar-refractivity contribution in [2.45, 2.75) is 6.92 Å². The van der Waals surface area contributed by atoms with Crippen LogP contribution in [0.5, 0.6) is 0 Å². The average Bonchev–Trinajstić information content (AvgIpc) is 2.22. The highest BCUT2D eigenvalue weighted by molar-refractivity contribution is 5.62. The highest BCUT2D eigenvalue weighted by atomic mass is 15.0. The van der Waals surface area contributed by atoms with Crippen LogP contribution in [-0.2, 0) is 0 Å². The predicted octanol–water partition coefficient (Wildman–Crippen LogP) is 2.72. The highest BCUT2D eigenvalue weighted by Gasteiger charge is 1.98. The van der Waals surface area contributed by atoms with E-state index in [0.29, 0.717) is 5.69 Å². The number of aromatic nitrogens is 1. The molecule has 0 aliphatic heterocycles. The molecule has 1 heterocycles. The quantitative estimate of drug-likeness (QED) is 0.781. The summed E-state index contributed by atoms with van der Waals surface area (Å²) in [6.07, 6.45) is 1.69. The molecular weight excluding hydrogens is 186 g/mol. The van der Waals surface area contributed by atoms with Crippen molar-refractivity contribution in [1.82, 2.24) is 4.98 Å². The third-order valence-corrected chi connectivity index (χ3v) is 2.19. The molecule has 0 spiro atoms. The highest BCUT2D eigenvalue weighted by Crippen LogP contribution is 2.19. The van der Waals surface area contributed by atoms with E-state index in [4.69, 9.17) is 5.73 Å². The third-order valence-electron chi connectivity index (χ3n) is 2.19. The van der Waals surface area contributed by atoms with Gasteiger partial charge < -0.3 is 11.1 Å². The standard InChI is InChI=1S/C12H13N3/c1-9-4-2-3-5-11(9)15-12-8-10(13)6-7-14-12/h2-8H,1H3,(H3,13,14,15). The minimum Gasteiger partial charge on any atom is -0.399 e. The van der Waals surface area contributed by atoms with Crippen LogP contribution >= 0.6 is 0 Å². The third kappa shape index (κ3) is 2.26. The topological polar surface area (TPSA) is 50.9 Å². The number of hydrogen-bond acceptors (Lipinski definition) is 3. The number of rotatable bonds is 2. The van der Waals surface area contributed by atoms with Gasteiger partial charge >= 0.3 is 0 Å². The first-order chi connectivity index (χ1) is 7.25. The molecule has 1 aromatic carbocycles. The monoisotopic (exact) mass is 199 g/mol. The van der Waals surface area contributed by atoms with E-state index in [9.17, 15) is 0 Å². The van der Waals surface area contributed by atoms with Crippen molar-refractivity contribution in [2.75, 3.05) is 11.1 Å². The molecule has 3 nitrogen and oxygen atoms in total. The summed E-state index contributed by atoms with van der Waals surface area (Å²) in [7, 11) is 0. The second-order valence-corrected chi connectivity index (χ2v) is 3.41. The Labute approximate surface area is 89.0 Å². The van der Waals surface area contributed by atoms with E-state index in [1.165, 1.54) is 5.56 Å². The summed E-state index contributed by atoms with van der Waals surface area (Å²) in [6.45, 7) is 2.05. The van der Waals surface area contributed by atoms with Crippen LogP contribution in [0, 0.1) is 6.92 Å². The van der Waals surface area contributed by atoms with Crippen LogP contribution in [0.4, 0.5) is 17.2 Å². The molecule has 0 aliphatic carbocycles. The molecule has 0 unspecified atom stereocenters. The SMILES string of the molecule is Cc1ccccc1Nc1cc(N)ccn1. The van der Waals surface area contributed by atoms with Gasteiger partial charge in [-0.3, -0.25) is 0 Å². The van der Waals surface area contributed by atoms with Gasteiger partial charge in [0, 0.05) is 23.6 Å². The fraction of sp³-hybridized carbons (Fsp3) is 0.0833. The summed E-state index contributed by atoms with van der Waals surface area (Å²) in [5.41, 5.74) is 8.61. The van der Waals surface area contributed by atoms with Crippen LogP contribution in [0.15, 0.2) is 42.6 Å². The number of nitrogens with one attached hydrogen (secondary N) is 1. The van der Waals surface area contributed by atoms with E-state index in [0.717, 1.165) is 11.5 Å². The normalized spacial score (nSPS) is 9.93. The maximum absolute atomic E-state index is 5.67. The van der Waals surface area contributed by atoms with Gasteiger partial charge in [0.25, 0.3) is 0 Å². The van der Waals surface area contributed by atoms with Gasteiger partial charge in [0.15, 0.2) is 0 Å². The van der Waals surface area contributed by atoms with Crippen molar-refractivity contribution in [1.29, 1.82) is 0 Å². The Balaban J connectivity index is 2.26. The number of nitrogens with zero attached hydrogens (tertiary/aromatic N) is 1. The first-order valence-electron chi connectivity index (χ1n) is 4.80. The molecule has 0 atom stereocenters. The Hall–Kier alpha value is -2.03. The first-order valence-corrected chi connectivity index (χ1v) is 4.80. The summed E-state index contributed by atoms with van der Waals surface area (Å²) < 4.78 is 0. The number of pyridine rings is 1. The van der Waals surface area contributed by atoms with Gasteiger partial charge in [0.2, 0.25) is 0 Å². The molecule has 3 heteroatoms. The molecule has 0 amide bonds. The Morgan fingerprint density at radius 1 is 1.20 bits per heavy atom. The molecule has 76 valence electrons. The maximum Gasteiger partial charge on any atom is 0.132 e. The molecule has 0 fully saturated rings. The predicted molar refractivity (Wildman–Crippen MR) is 63.1 cm³/mol. The van der Waals surface area contributed by atoms with Gasteiger partial charge in [-0.1, -0.05) is 18.2 Å². The molecule has 15 heavy (non-hydrogen) atoms. The summed E-state index contributed by atoms with van der Waals surface area (Å²) in [5.74, 6) is 0.768. The second-order valence-electron chi connectivity index (χ2n) is 3.41. The summed E-state index contributed by atoms with van der Waals surface area (Å²) in [6, 6.07) is 11.6. The molecule has 0 bridgehead atoms. The van der Waals surface area contributed by atoms with E-state index in [-0.39, 0.29) is 0 Å². The Kier molecular flexibility index (Phi) is 2.54. The molecule has 3 N–H and O–H groups in total. The minimum atomic E-state index is 0.709. The van der Waals surface area contributed by atoms with Crippen LogP contribution in [0.1, 0.15) is 5.56 Å². The van der Waals surface area contributed by atoms with Gasteiger partial charge in [-0.25, -0.2) is 4.98 Å². The first kappa shape index (κ1) is 9.52. The van der Waals surface area contributed by atoms with Gasteiger partial charge in [-0.2, -0.15) is 0 Å². The zero-order chi connectivity index (χ0) is 10.7. The smallest absolute Gasteiger partial charge is 0.132 e. The molecule has 0 saturated carbocycles. The van der Waals surface area contributed by atoms with Crippen molar-refractivity contribution in [2.24, 2.45) is 0 Å². The van der Waals surface area contributed by atoms with Gasteiger partial charge in [0.1, 0.15) is 5.82 Å². The Morgan fingerprint density at radius 2 is 2.00 bits per heavy atom. The lowest BCUT2D eigenvalue weighted by molar-refractivity contribution is 1.30. The van der Waals surface area contributed by atoms with Crippen LogP contribution < -0.4 is 11.1 Å². The van der Waals surface area contributed by atoms with Crippen molar-refractivity contribution >= 4 is 17.2 Å². The number of hydrogen-bond donors (Lipinski definition) is 2. The molecule has 0 radical (unpaired) electrons. The van der Waals surface area contributed by atoms with E-state index in [1.54, 1.807) is 12.3 Å². The van der Waals surface area contributed by atoms with Crippen molar-refractivity contribution < 1.29 is 0 Å². The van der Waals surface area contributed by atoms with E-state index in [1.807, 2.05) is 24.3 Å². The van der Waals surface area contributed by atoms with Crippen molar-refractivity contribution in [3.63, 3.8) is 0 Å². The summed E-state index contributed by atoms with van der Waals surface area (Å²) in [5, 5.41) is 3.22. The molecule has 0 saturated heterocycles. The number of nitrogen functional groups attached to an aromatic ring is 1. The lowest BCUT2D eigenvalue weighted by Gasteiger charge is -2.08. The summed E-state index contributed by atoms with van der Waals surface area (Å²) >= 11 is 0. The molecule has 2 aromatic rings. The Morgan fingerprint density at radius 3 is 2.73 bits per heavy atom. The van der Waals surface area contributed by atoms with Crippen LogP contribution in [0.25, 0.3) is 0 Å². The van der Waals surface area contributed by atoms with Crippen LogP contribution in [0.2, 0.25) is 0 Å². The lowest BCUT2D eigenvalue weighted by atomic mass is 10.2. The van der Waals surface area contributed by atoms with Crippen molar-refractivity contribution in [3.05, 3.63) is 48.2 Å². The number of anilines is 3. The van der Waals surface area contributed by atoms with Gasteiger partial charge in [0.05, 0.1) is 0 Å². The minimum absolute atomic E-state index is 0.709. The van der Waals surface area contributed by atoms with E-state index >= 15 is 0 Å². The van der Waals surface area contributed by atoms with E-state index < -0.39 is 0 Å². The average molecular weight is 199 g/mol. The fourth-order valence-corrected chi connectivity index (χ4v) is 1.37. The number of aryl methyl sites for hydroxylation is 1. The van der Waals surface area contributed by atoms with Gasteiger partial charge in [-0.15, -0.1) is 0 Å². The summed E-state index contributed by atoms with van der Waals surface area (Å²) in [4.78, 5) is 4.18. The second kappa shape index (κ2) is 4.00. The number of benzene rings is 1. The maximum atomic E-state index is 5.67. The molecule has 0 aliphatic rings. The van der Waals surface area contributed by atoms with Crippen LogP contribution in [-0.4, -0.2) is 4.98 Å². The zero-order valence-corrected chi connectivity index (χ0v) is 8.57. The van der Waals surface area contributed by atoms with E-state index in [2.05, 4.69) is 23.3 Å². The van der Waals surface area contributed by atoms with Crippen molar-refractivity contribution in [3.8, 4) is 0 Å². The van der Waals surface area contributed by atoms with Crippen LogP contribution in [0.3, 0.4) is 0 Å². The Bertz CT molecular complexity index is 466. The molecule has 1 aromatic heterocycles. The van der Waals surface area contributed by atoms with Gasteiger partial charge in [-0.05, 0) is 24.6 Å². The largest absolute Gasteiger partial charge is 0.399 e. The zero-order valence-electron chi connectivity index (χ0n) is 8.57. The fourth-order valence-electron chi connectivity index (χ4n) is 1.37.